The van der Waals surface area contributed by atoms with Crippen molar-refractivity contribution in [1.82, 2.24) is 19.8 Å². The molecule has 0 saturated carbocycles. The van der Waals surface area contributed by atoms with Crippen LogP contribution < -0.4 is 10.6 Å². The van der Waals surface area contributed by atoms with Crippen LogP contribution in [0.3, 0.4) is 0 Å². The van der Waals surface area contributed by atoms with E-state index in [0.29, 0.717) is 11.7 Å². The summed E-state index contributed by atoms with van der Waals surface area (Å²) in [6.45, 7) is 4.43. The Balaban J connectivity index is 1.32. The fourth-order valence-electron chi connectivity index (χ4n) is 6.02. The smallest absolute Gasteiger partial charge is 0.335 e. The lowest BCUT2D eigenvalue weighted by Gasteiger charge is -2.28. The molecule has 0 radical (unpaired) electrons. The largest absolute Gasteiger partial charge is 0.478 e. The van der Waals surface area contributed by atoms with Gasteiger partial charge in [-0.15, -0.1) is 0 Å². The molecule has 3 heterocycles. The van der Waals surface area contributed by atoms with Crippen LogP contribution in [0.25, 0.3) is 16.5 Å². The van der Waals surface area contributed by atoms with Gasteiger partial charge in [-0.05, 0) is 79.5 Å². The highest BCUT2D eigenvalue weighted by Crippen LogP contribution is 2.41. The first-order chi connectivity index (χ1) is 20.8. The molecule has 0 unspecified atom stereocenters. The van der Waals surface area contributed by atoms with Crippen LogP contribution in [-0.4, -0.2) is 43.1 Å². The van der Waals surface area contributed by atoms with Crippen molar-refractivity contribution >= 4 is 45.7 Å². The molecule has 5 aromatic rings. The fraction of sp³-hybridized carbons (Fsp3) is 0.176. The zero-order valence-corrected chi connectivity index (χ0v) is 24.6. The number of carboxylic acids is 1. The SMILES string of the molecule is Cc1cc([C@H]2[C@H](c3ccccn3)NC(=S)N2CCC(=O)Nc2cccc3ccccc23)c(C)n1-c1cccc(C(=O)O)c1. The van der Waals surface area contributed by atoms with Gasteiger partial charge < -0.3 is 25.2 Å². The predicted octanol–water partition coefficient (Wildman–Crippen LogP) is 6.34. The summed E-state index contributed by atoms with van der Waals surface area (Å²) in [6.07, 6.45) is 1.99. The Hall–Kier alpha value is -5.02. The Morgan fingerprint density at radius 1 is 0.977 bits per heavy atom. The van der Waals surface area contributed by atoms with Crippen LogP contribution in [0.15, 0.2) is 97.2 Å². The van der Waals surface area contributed by atoms with Gasteiger partial charge in [0.2, 0.25) is 5.91 Å². The van der Waals surface area contributed by atoms with E-state index in [1.54, 1.807) is 24.4 Å². The van der Waals surface area contributed by atoms with Crippen LogP contribution in [0.4, 0.5) is 5.69 Å². The first-order valence-corrected chi connectivity index (χ1v) is 14.5. The Labute approximate surface area is 255 Å². The second-order valence-electron chi connectivity index (χ2n) is 10.7. The van der Waals surface area contributed by atoms with Crippen LogP contribution >= 0.6 is 12.2 Å². The highest BCUT2D eigenvalue weighted by atomic mass is 32.1. The number of nitrogens with one attached hydrogen (secondary N) is 2. The number of hydrogen-bond donors (Lipinski definition) is 3. The fourth-order valence-corrected chi connectivity index (χ4v) is 6.35. The summed E-state index contributed by atoms with van der Waals surface area (Å²) < 4.78 is 2.06. The number of thiocarbonyl (C=S) groups is 1. The average Bonchev–Trinajstić information content (AvgIpc) is 3.50. The van der Waals surface area contributed by atoms with E-state index in [2.05, 4.69) is 31.2 Å². The van der Waals surface area contributed by atoms with Crippen molar-refractivity contribution < 1.29 is 14.7 Å². The molecule has 9 heteroatoms. The van der Waals surface area contributed by atoms with Crippen molar-refractivity contribution in [1.29, 1.82) is 0 Å². The van der Waals surface area contributed by atoms with Crippen LogP contribution in [-0.2, 0) is 4.79 Å². The normalized spacial score (nSPS) is 16.3. The summed E-state index contributed by atoms with van der Waals surface area (Å²) in [6, 6.07) is 28.2. The summed E-state index contributed by atoms with van der Waals surface area (Å²) in [7, 11) is 0. The lowest BCUT2D eigenvalue weighted by Crippen LogP contribution is -2.33. The van der Waals surface area contributed by atoms with Gasteiger partial charge in [-0.3, -0.25) is 9.78 Å². The van der Waals surface area contributed by atoms with Crippen molar-refractivity contribution in [2.24, 2.45) is 0 Å². The maximum Gasteiger partial charge on any atom is 0.335 e. The van der Waals surface area contributed by atoms with Gasteiger partial charge in [-0.2, -0.15) is 0 Å². The summed E-state index contributed by atoms with van der Waals surface area (Å²) in [4.78, 5) is 31.6. The van der Waals surface area contributed by atoms with Gasteiger partial charge in [0, 0.05) is 47.3 Å². The molecule has 0 spiro atoms. The number of nitrogens with zero attached hydrogens (tertiary/aromatic N) is 3. The Morgan fingerprint density at radius 3 is 2.53 bits per heavy atom. The number of rotatable bonds is 8. The number of pyridine rings is 1. The lowest BCUT2D eigenvalue weighted by molar-refractivity contribution is -0.116. The van der Waals surface area contributed by atoms with Crippen molar-refractivity contribution in [3.8, 4) is 5.69 Å². The molecule has 8 nitrogen and oxygen atoms in total. The molecule has 6 rings (SSSR count). The van der Waals surface area contributed by atoms with E-state index >= 15 is 0 Å². The van der Waals surface area contributed by atoms with E-state index in [1.165, 1.54) is 0 Å². The average molecular weight is 590 g/mol. The monoisotopic (exact) mass is 589 g/mol. The van der Waals surface area contributed by atoms with E-state index < -0.39 is 5.97 Å². The van der Waals surface area contributed by atoms with Gasteiger partial charge in [0.15, 0.2) is 5.11 Å². The Kier molecular flexibility index (Phi) is 7.65. The highest BCUT2D eigenvalue weighted by Gasteiger charge is 2.41. The molecule has 0 aliphatic carbocycles. The van der Waals surface area contributed by atoms with Gasteiger partial charge in [0.25, 0.3) is 0 Å². The number of carbonyl (C=O) groups excluding carboxylic acids is 1. The number of benzene rings is 3. The van der Waals surface area contributed by atoms with Crippen LogP contribution in [0.1, 0.15) is 51.5 Å². The molecule has 2 aromatic heterocycles. The minimum absolute atomic E-state index is 0.102. The van der Waals surface area contributed by atoms with E-state index in [-0.39, 0.29) is 30.0 Å². The second-order valence-corrected chi connectivity index (χ2v) is 11.0. The number of fused-ring (bicyclic) bond motifs is 1. The predicted molar refractivity (Wildman–Crippen MR) is 172 cm³/mol. The Morgan fingerprint density at radius 2 is 1.74 bits per heavy atom. The van der Waals surface area contributed by atoms with E-state index in [4.69, 9.17) is 12.2 Å². The van der Waals surface area contributed by atoms with Gasteiger partial charge in [0.05, 0.1) is 23.3 Å². The molecule has 1 fully saturated rings. The van der Waals surface area contributed by atoms with E-state index in [9.17, 15) is 14.7 Å². The number of carbonyl (C=O) groups is 2. The maximum atomic E-state index is 13.2. The summed E-state index contributed by atoms with van der Waals surface area (Å²) in [5.74, 6) is -1.08. The summed E-state index contributed by atoms with van der Waals surface area (Å²) in [5.41, 5.74) is 5.56. The van der Waals surface area contributed by atoms with Crippen LogP contribution in [0.2, 0.25) is 0 Å². The molecule has 1 aliphatic rings. The van der Waals surface area contributed by atoms with Crippen molar-refractivity contribution in [2.45, 2.75) is 32.4 Å². The molecule has 1 aliphatic heterocycles. The minimum atomic E-state index is -0.974. The lowest BCUT2D eigenvalue weighted by atomic mass is 9.96. The summed E-state index contributed by atoms with van der Waals surface area (Å²) >= 11 is 5.84. The zero-order chi connectivity index (χ0) is 30.1. The van der Waals surface area contributed by atoms with Gasteiger partial charge in [0.1, 0.15) is 0 Å². The molecular weight excluding hydrogens is 558 g/mol. The summed E-state index contributed by atoms with van der Waals surface area (Å²) in [5, 5.41) is 18.7. The number of carboxylic acid groups (broad SMARTS) is 1. The van der Waals surface area contributed by atoms with E-state index in [0.717, 1.165) is 44.8 Å². The highest BCUT2D eigenvalue weighted by molar-refractivity contribution is 7.80. The quantitative estimate of drug-likeness (QED) is 0.182. The van der Waals surface area contributed by atoms with E-state index in [1.807, 2.05) is 80.6 Å². The molecule has 3 N–H and O–H groups in total. The third kappa shape index (κ3) is 5.47. The number of aromatic nitrogens is 2. The molecule has 0 bridgehead atoms. The number of amides is 1. The maximum absolute atomic E-state index is 13.2. The van der Waals surface area contributed by atoms with Gasteiger partial charge in [-0.1, -0.05) is 48.5 Å². The molecule has 216 valence electrons. The number of hydrogen-bond acceptors (Lipinski definition) is 4. The standard InChI is InChI=1S/C34H31N5O3S/c1-21-19-27(22(2)39(21)25-12-7-11-24(20-25)33(41)42)32-31(29-14-5-6-17-35-29)37-34(43)38(32)18-16-30(40)36-28-15-8-10-23-9-3-4-13-26(23)28/h3-15,17,19-20,31-32H,16,18H2,1-2H3,(H,36,40)(H,37,43)(H,41,42)/t31-,32-/m0/s1. The number of aromatic carboxylic acids is 1. The first kappa shape index (κ1) is 28.1. The number of aryl methyl sites for hydroxylation is 1. The molecule has 3 aromatic carbocycles. The van der Waals surface area contributed by atoms with Crippen LogP contribution in [0.5, 0.6) is 0 Å². The van der Waals surface area contributed by atoms with Gasteiger partial charge >= 0.3 is 5.97 Å². The molecular formula is C34H31N5O3S. The Bertz CT molecular complexity index is 1850. The number of anilines is 1. The third-order valence-corrected chi connectivity index (χ3v) is 8.33. The van der Waals surface area contributed by atoms with Crippen molar-refractivity contribution in [3.05, 3.63) is 125 Å². The van der Waals surface area contributed by atoms with Crippen molar-refractivity contribution in [3.63, 3.8) is 0 Å². The molecule has 43 heavy (non-hydrogen) atoms. The van der Waals surface area contributed by atoms with Crippen LogP contribution in [0, 0.1) is 13.8 Å². The van der Waals surface area contributed by atoms with Gasteiger partial charge in [-0.25, -0.2) is 4.79 Å². The molecule has 1 amide bonds. The first-order valence-electron chi connectivity index (χ1n) is 14.1. The topological polar surface area (TPSA) is 99.5 Å². The van der Waals surface area contributed by atoms with Crippen molar-refractivity contribution in [2.75, 3.05) is 11.9 Å². The third-order valence-electron chi connectivity index (χ3n) is 7.98. The minimum Gasteiger partial charge on any atom is -0.478 e. The zero-order valence-electron chi connectivity index (χ0n) is 23.8. The molecule has 2 atom stereocenters. The second kappa shape index (κ2) is 11.7. The molecule has 1 saturated heterocycles.